The SMILES string of the molecule is CCCC1(C)CCCN(C(=NC)NCC2(N(C)C)CCOCC2)C1.I. The van der Waals surface area contributed by atoms with E-state index in [2.05, 4.69) is 48.1 Å². The molecule has 0 amide bonds. The Morgan fingerprint density at radius 2 is 1.92 bits per heavy atom. The zero-order valence-corrected chi connectivity index (χ0v) is 19.3. The van der Waals surface area contributed by atoms with Crippen molar-refractivity contribution >= 4 is 29.9 Å². The maximum Gasteiger partial charge on any atom is 0.193 e. The molecule has 5 nitrogen and oxygen atoms in total. The third kappa shape index (κ3) is 5.96. The van der Waals surface area contributed by atoms with E-state index in [-0.39, 0.29) is 29.5 Å². The Morgan fingerprint density at radius 1 is 1.24 bits per heavy atom. The molecule has 25 heavy (non-hydrogen) atoms. The van der Waals surface area contributed by atoms with Crippen LogP contribution in [0.1, 0.15) is 52.4 Å². The van der Waals surface area contributed by atoms with E-state index < -0.39 is 0 Å². The molecule has 1 N–H and O–H groups in total. The van der Waals surface area contributed by atoms with E-state index in [1.807, 2.05) is 7.05 Å². The predicted molar refractivity (Wildman–Crippen MR) is 117 cm³/mol. The van der Waals surface area contributed by atoms with Crippen LogP contribution >= 0.6 is 24.0 Å². The number of nitrogens with zero attached hydrogens (tertiary/aromatic N) is 3. The predicted octanol–water partition coefficient (Wildman–Crippen LogP) is 3.19. The fourth-order valence-electron chi connectivity index (χ4n) is 4.41. The Balaban J connectivity index is 0.00000312. The van der Waals surface area contributed by atoms with Gasteiger partial charge in [0.1, 0.15) is 0 Å². The van der Waals surface area contributed by atoms with Crippen LogP contribution in [0.3, 0.4) is 0 Å². The molecule has 6 heteroatoms. The van der Waals surface area contributed by atoms with Gasteiger partial charge in [-0.25, -0.2) is 0 Å². The molecule has 148 valence electrons. The molecule has 0 aliphatic carbocycles. The summed E-state index contributed by atoms with van der Waals surface area (Å²) in [7, 11) is 6.30. The van der Waals surface area contributed by atoms with Crippen molar-refractivity contribution in [3.05, 3.63) is 0 Å². The van der Waals surface area contributed by atoms with Crippen molar-refractivity contribution < 1.29 is 4.74 Å². The number of hydrogen-bond acceptors (Lipinski definition) is 3. The number of ether oxygens (including phenoxy) is 1. The minimum atomic E-state index is 0. The van der Waals surface area contributed by atoms with Gasteiger partial charge >= 0.3 is 0 Å². The quantitative estimate of drug-likeness (QED) is 0.384. The summed E-state index contributed by atoms with van der Waals surface area (Å²) >= 11 is 0. The Kier molecular flexibility index (Phi) is 9.46. The number of likely N-dealkylation sites (N-methyl/N-ethyl adjacent to an activating group) is 1. The van der Waals surface area contributed by atoms with E-state index in [0.717, 1.165) is 51.6 Å². The molecule has 0 radical (unpaired) electrons. The third-order valence-corrected chi connectivity index (χ3v) is 6.09. The first kappa shape index (κ1) is 23.0. The van der Waals surface area contributed by atoms with E-state index in [4.69, 9.17) is 4.74 Å². The first-order valence-corrected chi connectivity index (χ1v) is 9.65. The summed E-state index contributed by atoms with van der Waals surface area (Å²) in [5.41, 5.74) is 0.610. The second-order valence-corrected chi connectivity index (χ2v) is 8.22. The van der Waals surface area contributed by atoms with Gasteiger partial charge in [0.05, 0.1) is 0 Å². The number of guanidine groups is 1. The largest absolute Gasteiger partial charge is 0.381 e. The average Bonchev–Trinajstić information content (AvgIpc) is 2.56. The van der Waals surface area contributed by atoms with Gasteiger partial charge in [0.15, 0.2) is 5.96 Å². The van der Waals surface area contributed by atoms with Gasteiger partial charge in [-0.2, -0.15) is 0 Å². The monoisotopic (exact) mass is 466 g/mol. The highest BCUT2D eigenvalue weighted by molar-refractivity contribution is 14.0. The summed E-state index contributed by atoms with van der Waals surface area (Å²) in [6.07, 6.45) is 7.34. The number of halogens is 1. The Hall–Kier alpha value is -0.0800. The maximum absolute atomic E-state index is 5.58. The summed E-state index contributed by atoms with van der Waals surface area (Å²) in [5.74, 6) is 1.07. The number of likely N-dealkylation sites (tertiary alicyclic amines) is 1. The minimum absolute atomic E-state index is 0. The van der Waals surface area contributed by atoms with Gasteiger partial charge in [0.25, 0.3) is 0 Å². The van der Waals surface area contributed by atoms with Crippen LogP contribution in [0, 0.1) is 5.41 Å². The standard InChI is InChI=1S/C19H38N4O.HI/c1-6-8-18(2)9-7-12-23(16-18)17(20-3)21-15-19(22(4)5)10-13-24-14-11-19;/h6-16H2,1-5H3,(H,20,21);1H. The summed E-state index contributed by atoms with van der Waals surface area (Å²) in [6.45, 7) is 9.64. The van der Waals surface area contributed by atoms with Gasteiger partial charge in [-0.05, 0) is 51.6 Å². The molecule has 2 fully saturated rings. The number of piperidine rings is 1. The molecule has 2 aliphatic rings. The molecule has 0 aromatic carbocycles. The van der Waals surface area contributed by atoms with Gasteiger partial charge < -0.3 is 19.9 Å². The lowest BCUT2D eigenvalue weighted by atomic mass is 9.78. The second kappa shape index (κ2) is 10.3. The molecule has 0 spiro atoms. The second-order valence-electron chi connectivity index (χ2n) is 8.22. The Bertz CT molecular complexity index is 420. The highest BCUT2D eigenvalue weighted by Gasteiger charge is 2.36. The lowest BCUT2D eigenvalue weighted by Crippen LogP contribution is -2.58. The summed E-state index contributed by atoms with van der Waals surface area (Å²) in [4.78, 5) is 9.44. The highest BCUT2D eigenvalue weighted by atomic mass is 127. The fourth-order valence-corrected chi connectivity index (χ4v) is 4.41. The summed E-state index contributed by atoms with van der Waals surface area (Å²) in [5, 5.41) is 3.69. The minimum Gasteiger partial charge on any atom is -0.381 e. The van der Waals surface area contributed by atoms with E-state index in [9.17, 15) is 0 Å². The average molecular weight is 466 g/mol. The van der Waals surface area contributed by atoms with Gasteiger partial charge in [-0.15, -0.1) is 24.0 Å². The molecule has 2 saturated heterocycles. The molecule has 0 aromatic rings. The van der Waals surface area contributed by atoms with Crippen molar-refractivity contribution in [2.75, 3.05) is 54.0 Å². The fraction of sp³-hybridized carbons (Fsp3) is 0.947. The number of hydrogen-bond donors (Lipinski definition) is 1. The van der Waals surface area contributed by atoms with Crippen LogP contribution in [0.2, 0.25) is 0 Å². The molecular weight excluding hydrogens is 427 g/mol. The van der Waals surface area contributed by atoms with Crippen LogP contribution in [0.4, 0.5) is 0 Å². The van der Waals surface area contributed by atoms with Crippen LogP contribution < -0.4 is 5.32 Å². The molecule has 2 aliphatic heterocycles. The lowest BCUT2D eigenvalue weighted by molar-refractivity contribution is -0.00544. The van der Waals surface area contributed by atoms with Crippen molar-refractivity contribution in [2.24, 2.45) is 10.4 Å². The van der Waals surface area contributed by atoms with Crippen molar-refractivity contribution in [2.45, 2.75) is 57.9 Å². The number of nitrogens with one attached hydrogen (secondary N) is 1. The van der Waals surface area contributed by atoms with E-state index in [1.165, 1.54) is 25.7 Å². The summed E-state index contributed by atoms with van der Waals surface area (Å²) in [6, 6.07) is 0. The van der Waals surface area contributed by atoms with Gasteiger partial charge in [-0.1, -0.05) is 20.3 Å². The normalized spacial score (nSPS) is 27.1. The Labute approximate surface area is 172 Å². The smallest absolute Gasteiger partial charge is 0.193 e. The first-order valence-electron chi connectivity index (χ1n) is 9.65. The molecule has 0 aromatic heterocycles. The third-order valence-electron chi connectivity index (χ3n) is 6.09. The van der Waals surface area contributed by atoms with E-state index in [0.29, 0.717) is 5.41 Å². The van der Waals surface area contributed by atoms with Gasteiger partial charge in [0, 0.05) is 45.4 Å². The Morgan fingerprint density at radius 3 is 2.48 bits per heavy atom. The molecule has 0 saturated carbocycles. The van der Waals surface area contributed by atoms with Crippen molar-refractivity contribution in [1.82, 2.24) is 15.1 Å². The van der Waals surface area contributed by atoms with Crippen LogP contribution in [-0.2, 0) is 4.74 Å². The zero-order chi connectivity index (χ0) is 17.6. The van der Waals surface area contributed by atoms with Crippen LogP contribution in [0.15, 0.2) is 4.99 Å². The molecule has 2 heterocycles. The van der Waals surface area contributed by atoms with Gasteiger partial charge in [0.2, 0.25) is 0 Å². The number of rotatable bonds is 5. The van der Waals surface area contributed by atoms with Crippen molar-refractivity contribution in [3.63, 3.8) is 0 Å². The summed E-state index contributed by atoms with van der Waals surface area (Å²) < 4.78 is 5.58. The molecule has 1 atom stereocenters. The van der Waals surface area contributed by atoms with Crippen molar-refractivity contribution in [3.8, 4) is 0 Å². The van der Waals surface area contributed by atoms with Crippen molar-refractivity contribution in [1.29, 1.82) is 0 Å². The van der Waals surface area contributed by atoms with Crippen LogP contribution in [0.25, 0.3) is 0 Å². The van der Waals surface area contributed by atoms with Gasteiger partial charge in [-0.3, -0.25) is 4.99 Å². The van der Waals surface area contributed by atoms with E-state index >= 15 is 0 Å². The first-order chi connectivity index (χ1) is 11.4. The van der Waals surface area contributed by atoms with Crippen LogP contribution in [0.5, 0.6) is 0 Å². The number of aliphatic imine (C=N–C) groups is 1. The highest BCUT2D eigenvalue weighted by Crippen LogP contribution is 2.34. The topological polar surface area (TPSA) is 40.1 Å². The lowest BCUT2D eigenvalue weighted by Gasteiger charge is -2.45. The zero-order valence-electron chi connectivity index (χ0n) is 16.9. The van der Waals surface area contributed by atoms with E-state index in [1.54, 1.807) is 0 Å². The molecule has 1 unspecified atom stereocenters. The molecule has 0 bridgehead atoms. The molecule has 2 rings (SSSR count). The molecular formula is C19H39IN4O. The van der Waals surface area contributed by atoms with Crippen LogP contribution in [-0.4, -0.2) is 75.3 Å². The maximum atomic E-state index is 5.58.